The van der Waals surface area contributed by atoms with Crippen molar-refractivity contribution in [2.75, 3.05) is 7.11 Å². The minimum Gasteiger partial charge on any atom is -0.467 e. The van der Waals surface area contributed by atoms with Crippen LogP contribution in [-0.2, 0) is 14.3 Å². The van der Waals surface area contributed by atoms with Crippen LogP contribution in [0.25, 0.3) is 0 Å². The van der Waals surface area contributed by atoms with Crippen molar-refractivity contribution in [2.45, 2.75) is 58.7 Å². The van der Waals surface area contributed by atoms with Crippen molar-refractivity contribution < 1.29 is 19.1 Å². The SMILES string of the molecule is COC(=O)[C@@H]1CC(C)(C)C(C#N)N1C(=O)OC(C)(C)C. The summed E-state index contributed by atoms with van der Waals surface area (Å²) in [7, 11) is 1.27. The lowest BCUT2D eigenvalue weighted by atomic mass is 9.84. The molecule has 112 valence electrons. The molecule has 1 saturated heterocycles. The van der Waals surface area contributed by atoms with Crippen LogP contribution in [0.1, 0.15) is 41.0 Å². The van der Waals surface area contributed by atoms with Crippen molar-refractivity contribution >= 4 is 12.1 Å². The van der Waals surface area contributed by atoms with Gasteiger partial charge >= 0.3 is 12.1 Å². The van der Waals surface area contributed by atoms with E-state index in [9.17, 15) is 14.9 Å². The number of rotatable bonds is 1. The van der Waals surface area contributed by atoms with Gasteiger partial charge in [-0.05, 0) is 27.2 Å². The maximum absolute atomic E-state index is 12.3. The molecule has 0 aromatic carbocycles. The highest BCUT2D eigenvalue weighted by atomic mass is 16.6. The van der Waals surface area contributed by atoms with E-state index in [2.05, 4.69) is 6.07 Å². The molecule has 0 spiro atoms. The highest BCUT2D eigenvalue weighted by molar-refractivity contribution is 5.83. The first-order valence-corrected chi connectivity index (χ1v) is 6.52. The second-order valence-corrected chi connectivity index (χ2v) is 6.65. The number of nitriles is 1. The van der Waals surface area contributed by atoms with E-state index in [1.807, 2.05) is 13.8 Å². The first-order chi connectivity index (χ1) is 9.03. The molecular formula is C14H22N2O4. The van der Waals surface area contributed by atoms with E-state index in [1.165, 1.54) is 12.0 Å². The van der Waals surface area contributed by atoms with Crippen molar-refractivity contribution in [1.29, 1.82) is 5.26 Å². The molecule has 1 fully saturated rings. The highest BCUT2D eigenvalue weighted by Crippen LogP contribution is 2.41. The van der Waals surface area contributed by atoms with E-state index in [4.69, 9.17) is 9.47 Å². The van der Waals surface area contributed by atoms with Gasteiger partial charge in [0.25, 0.3) is 0 Å². The second kappa shape index (κ2) is 5.31. The topological polar surface area (TPSA) is 79.6 Å². The van der Waals surface area contributed by atoms with Gasteiger partial charge in [0.1, 0.15) is 17.7 Å². The highest BCUT2D eigenvalue weighted by Gasteiger charge is 2.53. The number of nitrogens with zero attached hydrogens (tertiary/aromatic N) is 2. The summed E-state index contributed by atoms with van der Waals surface area (Å²) in [4.78, 5) is 25.4. The largest absolute Gasteiger partial charge is 0.467 e. The molecule has 0 N–H and O–H groups in total. The zero-order chi connectivity index (χ0) is 15.7. The average molecular weight is 282 g/mol. The second-order valence-electron chi connectivity index (χ2n) is 6.65. The Morgan fingerprint density at radius 2 is 1.90 bits per heavy atom. The summed E-state index contributed by atoms with van der Waals surface area (Å²) >= 11 is 0. The summed E-state index contributed by atoms with van der Waals surface area (Å²) in [5.41, 5.74) is -1.19. The molecule has 6 heteroatoms. The van der Waals surface area contributed by atoms with Gasteiger partial charge in [-0.1, -0.05) is 13.8 Å². The molecule has 1 rings (SSSR count). The fourth-order valence-corrected chi connectivity index (χ4v) is 2.38. The molecule has 0 bridgehead atoms. The molecule has 1 unspecified atom stereocenters. The van der Waals surface area contributed by atoms with Crippen LogP contribution < -0.4 is 0 Å². The Morgan fingerprint density at radius 3 is 2.30 bits per heavy atom. The zero-order valence-corrected chi connectivity index (χ0v) is 12.9. The number of carbonyl (C=O) groups excluding carboxylic acids is 2. The molecule has 1 aliphatic rings. The molecular weight excluding hydrogens is 260 g/mol. The molecule has 1 amide bonds. The molecule has 20 heavy (non-hydrogen) atoms. The Bertz CT molecular complexity index is 445. The Kier molecular flexibility index (Phi) is 4.33. The standard InChI is InChI=1S/C14H22N2O4/c1-13(2,3)20-12(18)16-9(11(17)19-6)7-14(4,5)10(16)8-15/h9-10H,7H2,1-6H3/t9-,10?/m0/s1. The third-order valence-corrected chi connectivity index (χ3v) is 3.27. The van der Waals surface area contributed by atoms with Crippen LogP contribution in [0.2, 0.25) is 0 Å². The molecule has 0 aliphatic carbocycles. The summed E-state index contributed by atoms with van der Waals surface area (Å²) in [6.45, 7) is 8.91. The molecule has 0 saturated carbocycles. The number of likely N-dealkylation sites (tertiary alicyclic amines) is 1. The molecule has 0 aromatic rings. The lowest BCUT2D eigenvalue weighted by molar-refractivity contribution is -0.146. The fraction of sp³-hybridized carbons (Fsp3) is 0.786. The Labute approximate surface area is 119 Å². The Balaban J connectivity index is 3.11. The number of ether oxygens (including phenoxy) is 2. The third-order valence-electron chi connectivity index (χ3n) is 3.27. The van der Waals surface area contributed by atoms with Gasteiger partial charge in [-0.15, -0.1) is 0 Å². The molecule has 2 atom stereocenters. The quantitative estimate of drug-likeness (QED) is 0.688. The van der Waals surface area contributed by atoms with Crippen molar-refractivity contribution in [1.82, 2.24) is 4.90 Å². The first-order valence-electron chi connectivity index (χ1n) is 6.52. The Morgan fingerprint density at radius 1 is 1.35 bits per heavy atom. The van der Waals surface area contributed by atoms with Crippen LogP contribution in [0, 0.1) is 16.7 Å². The van der Waals surface area contributed by atoms with Crippen molar-refractivity contribution in [3.8, 4) is 6.07 Å². The van der Waals surface area contributed by atoms with Crippen LogP contribution >= 0.6 is 0 Å². The summed E-state index contributed by atoms with van der Waals surface area (Å²) in [5.74, 6) is -0.526. The predicted octanol–water partition coefficient (Wildman–Crippen LogP) is 2.09. The normalized spacial score (nSPS) is 24.9. The lowest BCUT2D eigenvalue weighted by Crippen LogP contribution is -2.48. The molecule has 0 radical (unpaired) electrons. The van der Waals surface area contributed by atoms with Gasteiger partial charge < -0.3 is 9.47 Å². The molecule has 1 heterocycles. The predicted molar refractivity (Wildman–Crippen MR) is 71.7 cm³/mol. The maximum atomic E-state index is 12.3. The maximum Gasteiger partial charge on any atom is 0.412 e. The first kappa shape index (κ1) is 16.3. The van der Waals surface area contributed by atoms with Gasteiger partial charge in [0.2, 0.25) is 0 Å². The number of hydrogen-bond donors (Lipinski definition) is 0. The van der Waals surface area contributed by atoms with Crippen LogP contribution in [0.5, 0.6) is 0 Å². The lowest BCUT2D eigenvalue weighted by Gasteiger charge is -2.30. The number of carbonyl (C=O) groups is 2. The van der Waals surface area contributed by atoms with Crippen LogP contribution in [0.15, 0.2) is 0 Å². The number of hydrogen-bond acceptors (Lipinski definition) is 5. The third kappa shape index (κ3) is 3.21. The number of amides is 1. The van der Waals surface area contributed by atoms with Crippen LogP contribution in [0.3, 0.4) is 0 Å². The summed E-state index contributed by atoms with van der Waals surface area (Å²) in [5, 5.41) is 9.34. The van der Waals surface area contributed by atoms with Gasteiger partial charge in [0, 0.05) is 5.41 Å². The van der Waals surface area contributed by atoms with E-state index < -0.39 is 35.2 Å². The van der Waals surface area contributed by atoms with Gasteiger partial charge in [-0.3, -0.25) is 4.90 Å². The van der Waals surface area contributed by atoms with E-state index in [1.54, 1.807) is 20.8 Å². The van der Waals surface area contributed by atoms with Gasteiger partial charge in [-0.2, -0.15) is 5.26 Å². The number of esters is 1. The molecule has 0 aromatic heterocycles. The average Bonchev–Trinajstić information content (AvgIpc) is 2.57. The van der Waals surface area contributed by atoms with Crippen molar-refractivity contribution in [2.24, 2.45) is 5.41 Å². The van der Waals surface area contributed by atoms with E-state index in [-0.39, 0.29) is 0 Å². The molecule has 1 aliphatic heterocycles. The van der Waals surface area contributed by atoms with Crippen LogP contribution in [-0.4, -0.2) is 41.8 Å². The Hall–Kier alpha value is -1.77. The summed E-state index contributed by atoms with van der Waals surface area (Å²) in [6, 6.07) is 0.593. The van der Waals surface area contributed by atoms with Crippen LogP contribution in [0.4, 0.5) is 4.79 Å². The van der Waals surface area contributed by atoms with Crippen molar-refractivity contribution in [3.05, 3.63) is 0 Å². The summed E-state index contributed by atoms with van der Waals surface area (Å²) in [6.07, 6.45) is -0.290. The van der Waals surface area contributed by atoms with Crippen molar-refractivity contribution in [3.63, 3.8) is 0 Å². The fourth-order valence-electron chi connectivity index (χ4n) is 2.38. The van der Waals surface area contributed by atoms with Gasteiger partial charge in [-0.25, -0.2) is 9.59 Å². The smallest absolute Gasteiger partial charge is 0.412 e. The summed E-state index contributed by atoms with van der Waals surface area (Å²) < 4.78 is 10.0. The van der Waals surface area contributed by atoms with Gasteiger partial charge in [0.15, 0.2) is 0 Å². The minimum absolute atomic E-state index is 0.372. The van der Waals surface area contributed by atoms with E-state index >= 15 is 0 Å². The number of methoxy groups -OCH3 is 1. The van der Waals surface area contributed by atoms with E-state index in [0.717, 1.165) is 0 Å². The zero-order valence-electron chi connectivity index (χ0n) is 12.9. The van der Waals surface area contributed by atoms with E-state index in [0.29, 0.717) is 6.42 Å². The monoisotopic (exact) mass is 282 g/mol. The molecule has 6 nitrogen and oxygen atoms in total. The minimum atomic E-state index is -0.783. The van der Waals surface area contributed by atoms with Gasteiger partial charge in [0.05, 0.1) is 13.2 Å².